The third-order valence-electron chi connectivity index (χ3n) is 6.28. The van der Waals surface area contributed by atoms with Gasteiger partial charge in [0.05, 0.1) is 0 Å². The second kappa shape index (κ2) is 7.26. The number of nitrogens with zero attached hydrogens (tertiary/aromatic N) is 2. The molecule has 1 saturated heterocycles. The highest BCUT2D eigenvalue weighted by Crippen LogP contribution is 2.46. The van der Waals surface area contributed by atoms with Crippen LogP contribution < -0.4 is 10.2 Å². The third-order valence-corrected chi connectivity index (χ3v) is 6.28. The van der Waals surface area contributed by atoms with E-state index in [0.717, 1.165) is 38.9 Å². The van der Waals surface area contributed by atoms with Crippen molar-refractivity contribution in [1.29, 1.82) is 0 Å². The Labute approximate surface area is 162 Å². The van der Waals surface area contributed by atoms with E-state index in [9.17, 15) is 4.79 Å². The maximum atomic E-state index is 12.6. The van der Waals surface area contributed by atoms with Crippen molar-refractivity contribution < 1.29 is 4.79 Å². The molecule has 4 nitrogen and oxygen atoms in total. The predicted molar refractivity (Wildman–Crippen MR) is 110 cm³/mol. The van der Waals surface area contributed by atoms with Crippen molar-refractivity contribution in [1.82, 2.24) is 10.2 Å². The molecule has 0 saturated carbocycles. The summed E-state index contributed by atoms with van der Waals surface area (Å²) in [4.78, 5) is 17.0. The van der Waals surface area contributed by atoms with Crippen molar-refractivity contribution in [2.24, 2.45) is 0 Å². The number of hydrogen-bond acceptors (Lipinski definition) is 2. The number of rotatable bonds is 3. The van der Waals surface area contributed by atoms with E-state index in [1.165, 1.54) is 22.4 Å². The van der Waals surface area contributed by atoms with Crippen LogP contribution in [0.15, 0.2) is 48.5 Å². The average Bonchev–Trinajstić information content (AvgIpc) is 2.99. The molecule has 2 aliphatic rings. The fraction of sp³-hybridized carbons (Fsp3) is 0.435. The number of piperidine rings is 1. The largest absolute Gasteiger partial charge is 0.373 e. The molecular formula is C23H29N3O. The van der Waals surface area contributed by atoms with E-state index in [4.69, 9.17) is 0 Å². The van der Waals surface area contributed by atoms with E-state index in [2.05, 4.69) is 72.7 Å². The van der Waals surface area contributed by atoms with Gasteiger partial charge >= 0.3 is 6.03 Å². The van der Waals surface area contributed by atoms with Gasteiger partial charge in [-0.25, -0.2) is 4.79 Å². The first-order chi connectivity index (χ1) is 13.1. The number of hydrogen-bond donors (Lipinski definition) is 1. The van der Waals surface area contributed by atoms with Gasteiger partial charge in [0.15, 0.2) is 0 Å². The smallest absolute Gasteiger partial charge is 0.317 e. The van der Waals surface area contributed by atoms with Gasteiger partial charge in [-0.1, -0.05) is 49.4 Å². The lowest BCUT2D eigenvalue weighted by Gasteiger charge is -2.39. The molecule has 2 aliphatic heterocycles. The highest BCUT2D eigenvalue weighted by atomic mass is 16.2. The molecule has 4 heteroatoms. The summed E-state index contributed by atoms with van der Waals surface area (Å²) in [7, 11) is 2.18. The molecule has 2 aromatic carbocycles. The topological polar surface area (TPSA) is 35.6 Å². The number of fused-ring (bicyclic) bond motifs is 2. The van der Waals surface area contributed by atoms with Gasteiger partial charge in [0.25, 0.3) is 0 Å². The van der Waals surface area contributed by atoms with Crippen LogP contribution in [0, 0.1) is 0 Å². The standard InChI is InChI=1S/C23H29N3O/c1-3-18-7-6-8-19(15-18)16-24-22(27)26-13-11-23(12-14-26)17-25(2)21-10-5-4-9-20(21)23/h4-10,15H,3,11-14,16-17H2,1-2H3,(H,24,27). The first-order valence-corrected chi connectivity index (χ1v) is 10.0. The number of para-hydroxylation sites is 1. The van der Waals surface area contributed by atoms with Gasteiger partial charge in [0, 0.05) is 44.3 Å². The Bertz CT molecular complexity index is 824. The fourth-order valence-corrected chi connectivity index (χ4v) is 4.69. The van der Waals surface area contributed by atoms with E-state index in [-0.39, 0.29) is 11.4 Å². The molecule has 142 valence electrons. The number of urea groups is 1. The van der Waals surface area contributed by atoms with Crippen molar-refractivity contribution in [2.75, 3.05) is 31.6 Å². The normalized spacial score (nSPS) is 17.9. The van der Waals surface area contributed by atoms with Crippen LogP contribution in [0.5, 0.6) is 0 Å². The number of nitrogens with one attached hydrogen (secondary N) is 1. The van der Waals surface area contributed by atoms with E-state index in [1.807, 2.05) is 4.90 Å². The van der Waals surface area contributed by atoms with Gasteiger partial charge in [0.1, 0.15) is 0 Å². The predicted octanol–water partition coefficient (Wildman–Crippen LogP) is 3.94. The number of benzene rings is 2. The Morgan fingerprint density at radius 2 is 1.81 bits per heavy atom. The highest BCUT2D eigenvalue weighted by molar-refractivity contribution is 5.74. The lowest BCUT2D eigenvalue weighted by Crippen LogP contribution is -2.49. The van der Waals surface area contributed by atoms with Crippen LogP contribution in [0.25, 0.3) is 0 Å². The Morgan fingerprint density at radius 1 is 1.07 bits per heavy atom. The number of anilines is 1. The number of carbonyl (C=O) groups is 1. The van der Waals surface area contributed by atoms with E-state index in [1.54, 1.807) is 0 Å². The summed E-state index contributed by atoms with van der Waals surface area (Å²) >= 11 is 0. The zero-order chi connectivity index (χ0) is 18.9. The van der Waals surface area contributed by atoms with Crippen molar-refractivity contribution in [3.05, 3.63) is 65.2 Å². The van der Waals surface area contributed by atoms with Gasteiger partial charge in [0.2, 0.25) is 0 Å². The van der Waals surface area contributed by atoms with Crippen LogP contribution in [-0.2, 0) is 18.4 Å². The van der Waals surface area contributed by atoms with Crippen LogP contribution in [0.2, 0.25) is 0 Å². The molecule has 2 amide bonds. The monoisotopic (exact) mass is 363 g/mol. The summed E-state index contributed by atoms with van der Waals surface area (Å²) in [5, 5.41) is 3.10. The molecular weight excluding hydrogens is 334 g/mol. The van der Waals surface area contributed by atoms with Gasteiger partial charge in [-0.2, -0.15) is 0 Å². The van der Waals surface area contributed by atoms with Gasteiger partial charge in [-0.3, -0.25) is 0 Å². The zero-order valence-electron chi connectivity index (χ0n) is 16.4. The molecule has 2 aromatic rings. The van der Waals surface area contributed by atoms with Crippen molar-refractivity contribution in [3.63, 3.8) is 0 Å². The number of likely N-dealkylation sites (N-methyl/N-ethyl adjacent to an activating group) is 1. The minimum atomic E-state index is 0.0615. The first-order valence-electron chi connectivity index (χ1n) is 10.0. The number of aryl methyl sites for hydroxylation is 1. The summed E-state index contributed by atoms with van der Waals surface area (Å²) in [6, 6.07) is 17.3. The van der Waals surface area contributed by atoms with E-state index < -0.39 is 0 Å². The molecule has 1 N–H and O–H groups in total. The van der Waals surface area contributed by atoms with Crippen LogP contribution in [0.4, 0.5) is 10.5 Å². The number of likely N-dealkylation sites (tertiary alicyclic amines) is 1. The second-order valence-electron chi connectivity index (χ2n) is 7.97. The molecule has 0 aromatic heterocycles. The molecule has 0 unspecified atom stereocenters. The molecule has 0 aliphatic carbocycles. The molecule has 0 atom stereocenters. The van der Waals surface area contributed by atoms with Crippen molar-refractivity contribution in [3.8, 4) is 0 Å². The van der Waals surface area contributed by atoms with Crippen LogP contribution in [0.1, 0.15) is 36.5 Å². The Morgan fingerprint density at radius 3 is 2.59 bits per heavy atom. The Hall–Kier alpha value is -2.49. The molecule has 0 bridgehead atoms. The summed E-state index contributed by atoms with van der Waals surface area (Å²) in [5.74, 6) is 0. The van der Waals surface area contributed by atoms with Crippen LogP contribution in [0.3, 0.4) is 0 Å². The Balaban J connectivity index is 1.36. The summed E-state index contributed by atoms with van der Waals surface area (Å²) < 4.78 is 0. The molecule has 1 fully saturated rings. The van der Waals surface area contributed by atoms with Crippen molar-refractivity contribution in [2.45, 2.75) is 38.1 Å². The minimum absolute atomic E-state index is 0.0615. The van der Waals surface area contributed by atoms with Crippen LogP contribution in [-0.4, -0.2) is 37.6 Å². The molecule has 1 spiro atoms. The Kier molecular flexibility index (Phi) is 4.81. The van der Waals surface area contributed by atoms with Gasteiger partial charge < -0.3 is 15.1 Å². The summed E-state index contributed by atoms with van der Waals surface area (Å²) in [5.41, 5.74) is 5.50. The quantitative estimate of drug-likeness (QED) is 0.896. The lowest BCUT2D eigenvalue weighted by atomic mass is 9.74. The zero-order valence-corrected chi connectivity index (χ0v) is 16.4. The van der Waals surface area contributed by atoms with E-state index >= 15 is 0 Å². The van der Waals surface area contributed by atoms with Crippen molar-refractivity contribution >= 4 is 11.7 Å². The maximum Gasteiger partial charge on any atom is 0.317 e. The second-order valence-corrected chi connectivity index (χ2v) is 7.97. The maximum absolute atomic E-state index is 12.6. The third kappa shape index (κ3) is 3.41. The molecule has 27 heavy (non-hydrogen) atoms. The minimum Gasteiger partial charge on any atom is -0.373 e. The summed E-state index contributed by atoms with van der Waals surface area (Å²) in [6.07, 6.45) is 3.09. The molecule has 2 heterocycles. The van der Waals surface area contributed by atoms with E-state index in [0.29, 0.717) is 6.54 Å². The summed E-state index contributed by atoms with van der Waals surface area (Å²) in [6.45, 7) is 5.46. The molecule has 4 rings (SSSR count). The van der Waals surface area contributed by atoms with Crippen LogP contribution >= 0.6 is 0 Å². The fourth-order valence-electron chi connectivity index (χ4n) is 4.69. The highest BCUT2D eigenvalue weighted by Gasteiger charge is 2.43. The average molecular weight is 364 g/mol. The SMILES string of the molecule is CCc1cccc(CNC(=O)N2CCC3(CC2)CN(C)c2ccccc23)c1. The van der Waals surface area contributed by atoms with Gasteiger partial charge in [-0.05, 0) is 42.0 Å². The lowest BCUT2D eigenvalue weighted by molar-refractivity contribution is 0.161. The number of amides is 2. The van der Waals surface area contributed by atoms with Gasteiger partial charge in [-0.15, -0.1) is 0 Å². The first kappa shape index (κ1) is 17.9. The molecule has 0 radical (unpaired) electrons. The number of carbonyl (C=O) groups excluding carboxylic acids is 1.